The molecule has 1 aromatic carbocycles. The molecule has 1 saturated heterocycles. The summed E-state index contributed by atoms with van der Waals surface area (Å²) in [5, 5.41) is 4.13. The summed E-state index contributed by atoms with van der Waals surface area (Å²) in [5.41, 5.74) is 0.964. The van der Waals surface area contributed by atoms with Gasteiger partial charge in [0.15, 0.2) is 26.6 Å². The highest BCUT2D eigenvalue weighted by molar-refractivity contribution is 14.0. The van der Waals surface area contributed by atoms with Crippen molar-refractivity contribution in [3.8, 4) is 10.8 Å². The Morgan fingerprint density at radius 3 is 2.77 bits per heavy atom. The van der Waals surface area contributed by atoms with Crippen LogP contribution in [0.25, 0.3) is 21.0 Å². The SMILES string of the molecule is CN=C(NCc1ccc(-c2nc3ccccc3s2)o1)N1CCS(=O)(=O)C(C)(C)C1.I. The average Bonchev–Trinajstić information content (AvgIpc) is 3.31. The molecule has 0 amide bonds. The van der Waals surface area contributed by atoms with Crippen molar-refractivity contribution in [2.24, 2.45) is 4.99 Å². The lowest BCUT2D eigenvalue weighted by molar-refractivity contribution is 0.351. The van der Waals surface area contributed by atoms with Gasteiger partial charge in [-0.3, -0.25) is 4.99 Å². The number of nitrogens with one attached hydrogen (secondary N) is 1. The highest BCUT2D eigenvalue weighted by Crippen LogP contribution is 2.31. The summed E-state index contributed by atoms with van der Waals surface area (Å²) in [4.78, 5) is 10.9. The molecule has 0 unspecified atom stereocenters. The van der Waals surface area contributed by atoms with Crippen molar-refractivity contribution in [3.63, 3.8) is 0 Å². The van der Waals surface area contributed by atoms with Crippen molar-refractivity contribution in [1.82, 2.24) is 15.2 Å². The zero-order chi connectivity index (χ0) is 20.6. The second-order valence-electron chi connectivity index (χ2n) is 7.65. The Kier molecular flexibility index (Phi) is 6.78. The fourth-order valence-electron chi connectivity index (χ4n) is 3.39. The van der Waals surface area contributed by atoms with Crippen molar-refractivity contribution in [3.05, 3.63) is 42.2 Å². The monoisotopic (exact) mass is 560 g/mol. The highest BCUT2D eigenvalue weighted by atomic mass is 127. The molecule has 0 radical (unpaired) electrons. The summed E-state index contributed by atoms with van der Waals surface area (Å²) in [6.45, 7) is 4.82. The molecule has 30 heavy (non-hydrogen) atoms. The Morgan fingerprint density at radius 1 is 1.30 bits per heavy atom. The van der Waals surface area contributed by atoms with Crippen molar-refractivity contribution in [2.45, 2.75) is 25.1 Å². The van der Waals surface area contributed by atoms with Crippen LogP contribution in [0.15, 0.2) is 45.8 Å². The number of furan rings is 1. The molecule has 0 bridgehead atoms. The Morgan fingerprint density at radius 2 is 2.07 bits per heavy atom. The van der Waals surface area contributed by atoms with Crippen LogP contribution >= 0.6 is 35.3 Å². The first-order valence-corrected chi connectivity index (χ1v) is 11.9. The quantitative estimate of drug-likeness (QED) is 0.298. The fourth-order valence-corrected chi connectivity index (χ4v) is 5.68. The number of fused-ring (bicyclic) bond motifs is 1. The molecular weight excluding hydrogens is 535 g/mol. The number of nitrogens with zero attached hydrogens (tertiary/aromatic N) is 3. The fraction of sp³-hybridized carbons (Fsp3) is 0.400. The minimum atomic E-state index is -3.09. The van der Waals surface area contributed by atoms with E-state index in [-0.39, 0.29) is 29.7 Å². The van der Waals surface area contributed by atoms with E-state index in [9.17, 15) is 8.42 Å². The first kappa shape index (κ1) is 23.0. The summed E-state index contributed by atoms with van der Waals surface area (Å²) in [6, 6.07) is 11.9. The Bertz CT molecular complexity index is 1130. The van der Waals surface area contributed by atoms with Crippen LogP contribution in [0.2, 0.25) is 0 Å². The predicted molar refractivity (Wildman–Crippen MR) is 132 cm³/mol. The number of benzene rings is 1. The molecule has 3 aromatic rings. The predicted octanol–water partition coefficient (Wildman–Crippen LogP) is 3.76. The number of guanidine groups is 1. The lowest BCUT2D eigenvalue weighted by Crippen LogP contribution is -2.57. The largest absolute Gasteiger partial charge is 0.457 e. The molecule has 1 N–H and O–H groups in total. The third-order valence-electron chi connectivity index (χ3n) is 5.14. The van der Waals surface area contributed by atoms with Gasteiger partial charge in [0.1, 0.15) is 5.76 Å². The lowest BCUT2D eigenvalue weighted by Gasteiger charge is -2.39. The smallest absolute Gasteiger partial charge is 0.194 e. The van der Waals surface area contributed by atoms with E-state index in [1.165, 1.54) is 0 Å². The van der Waals surface area contributed by atoms with Crippen LogP contribution in [0.4, 0.5) is 0 Å². The second kappa shape index (κ2) is 8.83. The van der Waals surface area contributed by atoms with Crippen LogP contribution in [0.3, 0.4) is 0 Å². The van der Waals surface area contributed by atoms with Crippen LogP contribution in [0.5, 0.6) is 0 Å². The van der Waals surface area contributed by atoms with Gasteiger partial charge in [-0.2, -0.15) is 0 Å². The van der Waals surface area contributed by atoms with Crippen molar-refractivity contribution in [2.75, 3.05) is 25.9 Å². The zero-order valence-corrected chi connectivity index (χ0v) is 21.0. The molecule has 3 heterocycles. The summed E-state index contributed by atoms with van der Waals surface area (Å²) in [7, 11) is -1.39. The van der Waals surface area contributed by atoms with Crippen LogP contribution in [0, 0.1) is 0 Å². The number of sulfone groups is 1. The highest BCUT2D eigenvalue weighted by Gasteiger charge is 2.40. The van der Waals surface area contributed by atoms with Gasteiger partial charge in [0.25, 0.3) is 0 Å². The first-order chi connectivity index (χ1) is 13.8. The van der Waals surface area contributed by atoms with Gasteiger partial charge < -0.3 is 14.6 Å². The maximum Gasteiger partial charge on any atom is 0.194 e. The molecule has 4 rings (SSSR count). The van der Waals surface area contributed by atoms with Gasteiger partial charge in [0, 0.05) is 20.1 Å². The maximum atomic E-state index is 12.2. The Balaban J connectivity index is 0.00000256. The molecule has 0 atom stereocenters. The van der Waals surface area contributed by atoms with Crippen LogP contribution in [-0.4, -0.2) is 54.9 Å². The van der Waals surface area contributed by atoms with E-state index in [1.807, 2.05) is 41.3 Å². The van der Waals surface area contributed by atoms with Gasteiger partial charge in [0.2, 0.25) is 0 Å². The topological polar surface area (TPSA) is 87.8 Å². The third-order valence-corrected chi connectivity index (χ3v) is 8.73. The molecule has 10 heteroatoms. The zero-order valence-electron chi connectivity index (χ0n) is 17.1. The van der Waals surface area contributed by atoms with E-state index in [4.69, 9.17) is 4.42 Å². The van der Waals surface area contributed by atoms with Gasteiger partial charge in [-0.15, -0.1) is 35.3 Å². The van der Waals surface area contributed by atoms with E-state index in [1.54, 1.807) is 32.2 Å². The molecule has 1 aliphatic heterocycles. The number of halogens is 1. The summed E-state index contributed by atoms with van der Waals surface area (Å²) in [6.07, 6.45) is 0. The molecule has 2 aromatic heterocycles. The van der Waals surface area contributed by atoms with Gasteiger partial charge in [-0.05, 0) is 38.1 Å². The second-order valence-corrected chi connectivity index (χ2v) is 11.4. The van der Waals surface area contributed by atoms with E-state index < -0.39 is 14.6 Å². The Hall–Kier alpha value is -1.66. The lowest BCUT2D eigenvalue weighted by atomic mass is 10.2. The summed E-state index contributed by atoms with van der Waals surface area (Å²) in [5.74, 6) is 2.31. The number of hydrogen-bond donors (Lipinski definition) is 1. The van der Waals surface area contributed by atoms with Crippen LogP contribution in [0.1, 0.15) is 19.6 Å². The van der Waals surface area contributed by atoms with Gasteiger partial charge >= 0.3 is 0 Å². The maximum absolute atomic E-state index is 12.2. The van der Waals surface area contributed by atoms with Crippen LogP contribution < -0.4 is 5.32 Å². The summed E-state index contributed by atoms with van der Waals surface area (Å²) < 4.78 is 30.8. The first-order valence-electron chi connectivity index (χ1n) is 9.42. The van der Waals surface area contributed by atoms with Crippen molar-refractivity contribution < 1.29 is 12.8 Å². The van der Waals surface area contributed by atoms with E-state index in [2.05, 4.69) is 15.3 Å². The minimum absolute atomic E-state index is 0. The van der Waals surface area contributed by atoms with Crippen LogP contribution in [-0.2, 0) is 16.4 Å². The van der Waals surface area contributed by atoms with Gasteiger partial charge in [-0.1, -0.05) is 12.1 Å². The van der Waals surface area contributed by atoms with Crippen molar-refractivity contribution in [1.29, 1.82) is 0 Å². The number of rotatable bonds is 3. The molecule has 1 fully saturated rings. The number of aliphatic imine (C=N–C) groups is 1. The van der Waals surface area contributed by atoms with Crippen molar-refractivity contribution >= 4 is 61.3 Å². The average molecular weight is 560 g/mol. The third kappa shape index (κ3) is 4.50. The molecule has 0 saturated carbocycles. The van der Waals surface area contributed by atoms with Gasteiger partial charge in [-0.25, -0.2) is 13.4 Å². The van der Waals surface area contributed by atoms with Gasteiger partial charge in [0.05, 0.1) is 27.3 Å². The molecule has 162 valence electrons. The normalized spacial score (nSPS) is 18.2. The van der Waals surface area contributed by atoms with E-state index in [0.717, 1.165) is 26.7 Å². The molecule has 7 nitrogen and oxygen atoms in total. The minimum Gasteiger partial charge on any atom is -0.457 e. The Labute approximate surface area is 197 Å². The molecule has 0 spiro atoms. The number of hydrogen-bond acceptors (Lipinski definition) is 6. The number of aromatic nitrogens is 1. The standard InChI is InChI=1S/C20H24N4O3S2.HI/c1-20(2)13-24(10-11-29(20,25)26)19(21-3)22-12-14-8-9-16(27-14)18-23-15-6-4-5-7-17(15)28-18;/h4-9H,10-13H2,1-3H3,(H,21,22);1H. The number of para-hydroxylation sites is 1. The molecule has 1 aliphatic rings. The molecular formula is C20H25IN4O3S2. The summed E-state index contributed by atoms with van der Waals surface area (Å²) >= 11 is 1.60. The number of thiazole rings is 1. The molecule has 0 aliphatic carbocycles. The van der Waals surface area contributed by atoms with E-state index >= 15 is 0 Å². The van der Waals surface area contributed by atoms with E-state index in [0.29, 0.717) is 25.6 Å².